The Morgan fingerprint density at radius 2 is 2.00 bits per heavy atom. The van der Waals surface area contributed by atoms with E-state index in [1.165, 1.54) is 0 Å². The van der Waals surface area contributed by atoms with Gasteiger partial charge in [0.15, 0.2) is 0 Å². The lowest BCUT2D eigenvalue weighted by Gasteiger charge is -2.03. The summed E-state index contributed by atoms with van der Waals surface area (Å²) in [6.45, 7) is 0.132. The summed E-state index contributed by atoms with van der Waals surface area (Å²) in [4.78, 5) is 10.9. The zero-order chi connectivity index (χ0) is 10.4. The van der Waals surface area contributed by atoms with Crippen molar-refractivity contribution in [2.24, 2.45) is 0 Å². The van der Waals surface area contributed by atoms with E-state index in [9.17, 15) is 4.79 Å². The van der Waals surface area contributed by atoms with E-state index in [-0.39, 0.29) is 18.4 Å². The van der Waals surface area contributed by atoms with Crippen LogP contribution in [-0.2, 0) is 11.2 Å². The van der Waals surface area contributed by atoms with E-state index in [0.717, 1.165) is 11.3 Å². The summed E-state index contributed by atoms with van der Waals surface area (Å²) in [6.07, 6.45) is 0.629. The van der Waals surface area contributed by atoms with Crippen molar-refractivity contribution >= 4 is 23.2 Å². The molecule has 1 amide bonds. The van der Waals surface area contributed by atoms with Crippen LogP contribution in [0.5, 0.6) is 0 Å². The van der Waals surface area contributed by atoms with E-state index in [1.807, 2.05) is 12.1 Å². The summed E-state index contributed by atoms with van der Waals surface area (Å²) in [5, 5.41) is 11.3. The van der Waals surface area contributed by atoms with Crippen molar-refractivity contribution < 1.29 is 9.90 Å². The van der Waals surface area contributed by atoms with Crippen LogP contribution in [0.4, 0.5) is 5.69 Å². The van der Waals surface area contributed by atoms with Gasteiger partial charge in [-0.2, -0.15) is 0 Å². The summed E-state index contributed by atoms with van der Waals surface area (Å²) < 4.78 is 0. The zero-order valence-electron chi connectivity index (χ0n) is 7.66. The molecule has 3 nitrogen and oxygen atoms in total. The normalized spacial score (nSPS) is 9.86. The SMILES string of the molecule is O=C(CCl)Nc1ccc(CCO)cc1. The molecular weight excluding hydrogens is 202 g/mol. The largest absolute Gasteiger partial charge is 0.396 e. The molecule has 1 rings (SSSR count). The molecule has 0 aliphatic rings. The minimum absolute atomic E-state index is 0.0433. The van der Waals surface area contributed by atoms with Gasteiger partial charge >= 0.3 is 0 Å². The van der Waals surface area contributed by atoms with Gasteiger partial charge < -0.3 is 10.4 Å². The third-order valence-corrected chi connectivity index (χ3v) is 2.00. The molecule has 0 heterocycles. The van der Waals surface area contributed by atoms with Crippen LogP contribution in [-0.4, -0.2) is 23.5 Å². The van der Waals surface area contributed by atoms with Crippen molar-refractivity contribution in [1.29, 1.82) is 0 Å². The topological polar surface area (TPSA) is 49.3 Å². The average molecular weight is 214 g/mol. The van der Waals surface area contributed by atoms with Gasteiger partial charge in [0.2, 0.25) is 5.91 Å². The molecule has 76 valence electrons. The van der Waals surface area contributed by atoms with E-state index in [1.54, 1.807) is 12.1 Å². The molecule has 0 aliphatic carbocycles. The van der Waals surface area contributed by atoms with Crippen LogP contribution in [0.15, 0.2) is 24.3 Å². The molecule has 0 aromatic heterocycles. The van der Waals surface area contributed by atoms with Crippen molar-refractivity contribution in [2.75, 3.05) is 17.8 Å². The number of hydrogen-bond acceptors (Lipinski definition) is 2. The van der Waals surface area contributed by atoms with Crippen molar-refractivity contribution in [3.63, 3.8) is 0 Å². The lowest BCUT2D eigenvalue weighted by atomic mass is 10.1. The van der Waals surface area contributed by atoms with Gasteiger partial charge in [-0.1, -0.05) is 12.1 Å². The number of anilines is 1. The van der Waals surface area contributed by atoms with Crippen molar-refractivity contribution in [1.82, 2.24) is 0 Å². The number of aliphatic hydroxyl groups excluding tert-OH is 1. The third-order valence-electron chi connectivity index (χ3n) is 1.76. The van der Waals surface area contributed by atoms with Crippen molar-refractivity contribution in [3.05, 3.63) is 29.8 Å². The van der Waals surface area contributed by atoms with Gasteiger partial charge in [0.1, 0.15) is 5.88 Å². The minimum atomic E-state index is -0.221. The predicted molar refractivity (Wildman–Crippen MR) is 56.6 cm³/mol. The first-order valence-electron chi connectivity index (χ1n) is 4.32. The number of aliphatic hydroxyl groups is 1. The number of nitrogens with one attached hydrogen (secondary N) is 1. The Hall–Kier alpha value is -1.06. The van der Waals surface area contributed by atoms with Crippen molar-refractivity contribution in [3.8, 4) is 0 Å². The lowest BCUT2D eigenvalue weighted by molar-refractivity contribution is -0.113. The molecule has 14 heavy (non-hydrogen) atoms. The third kappa shape index (κ3) is 3.36. The maximum absolute atomic E-state index is 10.9. The number of halogens is 1. The lowest BCUT2D eigenvalue weighted by Crippen LogP contribution is -2.12. The number of carbonyl (C=O) groups excluding carboxylic acids is 1. The zero-order valence-corrected chi connectivity index (χ0v) is 8.42. The summed E-state index contributed by atoms with van der Waals surface area (Å²) in [6, 6.07) is 7.30. The molecule has 4 heteroatoms. The first-order valence-corrected chi connectivity index (χ1v) is 4.85. The van der Waals surface area contributed by atoms with E-state index in [2.05, 4.69) is 5.32 Å². The highest BCUT2D eigenvalue weighted by molar-refractivity contribution is 6.29. The van der Waals surface area contributed by atoms with Crippen LogP contribution < -0.4 is 5.32 Å². The summed E-state index contributed by atoms with van der Waals surface area (Å²) in [7, 11) is 0. The summed E-state index contributed by atoms with van der Waals surface area (Å²) in [5.41, 5.74) is 1.76. The molecule has 1 aromatic carbocycles. The molecule has 0 aliphatic heterocycles. The van der Waals surface area contributed by atoms with E-state index >= 15 is 0 Å². The summed E-state index contributed by atoms with van der Waals surface area (Å²) in [5.74, 6) is -0.264. The number of benzene rings is 1. The first kappa shape index (κ1) is 11.0. The van der Waals surface area contributed by atoms with Crippen LogP contribution in [0.25, 0.3) is 0 Å². The fourth-order valence-corrected chi connectivity index (χ4v) is 1.15. The fraction of sp³-hybridized carbons (Fsp3) is 0.300. The van der Waals surface area contributed by atoms with E-state index in [0.29, 0.717) is 6.42 Å². The number of carbonyl (C=O) groups is 1. The van der Waals surface area contributed by atoms with Crippen molar-refractivity contribution in [2.45, 2.75) is 6.42 Å². The monoisotopic (exact) mass is 213 g/mol. The fourth-order valence-electron chi connectivity index (χ4n) is 1.08. The van der Waals surface area contributed by atoms with E-state index in [4.69, 9.17) is 16.7 Å². The van der Waals surface area contributed by atoms with Crippen LogP contribution in [0.1, 0.15) is 5.56 Å². The Balaban J connectivity index is 2.59. The molecule has 0 fully saturated rings. The van der Waals surface area contributed by atoms with Gasteiger partial charge in [-0.05, 0) is 24.1 Å². The first-order chi connectivity index (χ1) is 6.76. The van der Waals surface area contributed by atoms with Gasteiger partial charge in [-0.3, -0.25) is 4.79 Å². The van der Waals surface area contributed by atoms with Gasteiger partial charge in [0.25, 0.3) is 0 Å². The molecule has 0 radical (unpaired) electrons. The van der Waals surface area contributed by atoms with Crippen LogP contribution in [0.2, 0.25) is 0 Å². The van der Waals surface area contributed by atoms with E-state index < -0.39 is 0 Å². The smallest absolute Gasteiger partial charge is 0.239 e. The maximum atomic E-state index is 10.9. The molecule has 0 saturated heterocycles. The Kier molecular flexibility index (Phi) is 4.43. The highest BCUT2D eigenvalue weighted by Gasteiger charge is 1.99. The second-order valence-electron chi connectivity index (χ2n) is 2.85. The highest BCUT2D eigenvalue weighted by atomic mass is 35.5. The number of amides is 1. The van der Waals surface area contributed by atoms with Gasteiger partial charge in [-0.25, -0.2) is 0 Å². The molecule has 1 aromatic rings. The Labute approximate surface area is 87.7 Å². The Morgan fingerprint density at radius 1 is 1.36 bits per heavy atom. The quantitative estimate of drug-likeness (QED) is 0.743. The molecule has 2 N–H and O–H groups in total. The van der Waals surface area contributed by atoms with Gasteiger partial charge in [-0.15, -0.1) is 11.6 Å². The molecule has 0 bridgehead atoms. The molecule has 0 saturated carbocycles. The van der Waals surface area contributed by atoms with Crippen LogP contribution >= 0.6 is 11.6 Å². The second kappa shape index (κ2) is 5.62. The Bertz CT molecular complexity index is 297. The number of rotatable bonds is 4. The minimum Gasteiger partial charge on any atom is -0.396 e. The second-order valence-corrected chi connectivity index (χ2v) is 3.12. The Morgan fingerprint density at radius 3 is 2.50 bits per heavy atom. The highest BCUT2D eigenvalue weighted by Crippen LogP contribution is 2.09. The van der Waals surface area contributed by atoms with Gasteiger partial charge in [0, 0.05) is 12.3 Å². The van der Waals surface area contributed by atoms with Crippen LogP contribution in [0.3, 0.4) is 0 Å². The van der Waals surface area contributed by atoms with Crippen LogP contribution in [0, 0.1) is 0 Å². The maximum Gasteiger partial charge on any atom is 0.239 e. The average Bonchev–Trinajstić information content (AvgIpc) is 2.21. The summed E-state index contributed by atoms with van der Waals surface area (Å²) >= 11 is 5.34. The van der Waals surface area contributed by atoms with Gasteiger partial charge in [0.05, 0.1) is 0 Å². The predicted octanol–water partition coefficient (Wildman–Crippen LogP) is 1.40. The number of hydrogen-bond donors (Lipinski definition) is 2. The molecule has 0 spiro atoms. The molecular formula is C10H12ClNO2. The molecule has 0 unspecified atom stereocenters. The number of alkyl halides is 1. The standard InChI is InChI=1S/C10H12ClNO2/c11-7-10(14)12-9-3-1-8(2-4-9)5-6-13/h1-4,13H,5-7H2,(H,12,14). The molecule has 0 atom stereocenters.